The first-order valence-electron chi connectivity index (χ1n) is 5.47. The maximum absolute atomic E-state index is 6.11. The third-order valence-electron chi connectivity index (χ3n) is 3.03. The lowest BCUT2D eigenvalue weighted by molar-refractivity contribution is 0.00473. The van der Waals surface area contributed by atoms with Gasteiger partial charge >= 0.3 is 0 Å². The van der Waals surface area contributed by atoms with Crippen molar-refractivity contribution in [2.24, 2.45) is 5.41 Å². The van der Waals surface area contributed by atoms with Crippen molar-refractivity contribution in [2.45, 2.75) is 19.3 Å². The Morgan fingerprint density at radius 1 is 1.50 bits per heavy atom. The second kappa shape index (κ2) is 5.48. The molecule has 0 N–H and O–H groups in total. The number of alkyl halides is 1. The van der Waals surface area contributed by atoms with Gasteiger partial charge in [0.25, 0.3) is 0 Å². The van der Waals surface area contributed by atoms with Gasteiger partial charge in [0, 0.05) is 34.8 Å². The van der Waals surface area contributed by atoms with Crippen molar-refractivity contribution in [1.82, 2.24) is 4.98 Å². The number of aromatic nitrogens is 1. The van der Waals surface area contributed by atoms with Crippen molar-refractivity contribution in [3.05, 3.63) is 28.5 Å². The molecule has 0 amide bonds. The Labute approximate surface area is 109 Å². The Morgan fingerprint density at radius 2 is 2.38 bits per heavy atom. The van der Waals surface area contributed by atoms with Gasteiger partial charge in [0.15, 0.2) is 0 Å². The Kier molecular flexibility index (Phi) is 4.22. The first-order valence-corrected chi connectivity index (χ1v) is 6.80. The molecule has 16 heavy (non-hydrogen) atoms. The fourth-order valence-electron chi connectivity index (χ4n) is 2.19. The summed E-state index contributed by atoms with van der Waals surface area (Å²) in [7, 11) is 0. The predicted molar refractivity (Wildman–Crippen MR) is 68.8 cm³/mol. The molecule has 1 aromatic heterocycles. The van der Waals surface area contributed by atoms with E-state index in [0.29, 0.717) is 5.88 Å². The molecular formula is C12H15BrClNO. The Morgan fingerprint density at radius 3 is 3.00 bits per heavy atom. The van der Waals surface area contributed by atoms with E-state index in [1.54, 1.807) is 6.20 Å². The molecular weight excluding hydrogens is 289 g/mol. The summed E-state index contributed by atoms with van der Waals surface area (Å²) in [4.78, 5) is 4.18. The lowest BCUT2D eigenvalue weighted by Crippen LogP contribution is -2.35. The summed E-state index contributed by atoms with van der Waals surface area (Å²) >= 11 is 9.55. The van der Waals surface area contributed by atoms with E-state index in [0.717, 1.165) is 36.9 Å². The molecule has 1 unspecified atom stereocenters. The minimum absolute atomic E-state index is 0.0995. The fraction of sp³-hybridized carbons (Fsp3) is 0.583. The molecule has 2 rings (SSSR count). The molecule has 0 spiro atoms. The largest absolute Gasteiger partial charge is 0.381 e. The number of ether oxygens (including phenoxy) is 1. The van der Waals surface area contributed by atoms with Gasteiger partial charge < -0.3 is 4.74 Å². The lowest BCUT2D eigenvalue weighted by atomic mass is 9.79. The third kappa shape index (κ3) is 2.96. The van der Waals surface area contributed by atoms with Crippen LogP contribution in [-0.2, 0) is 11.2 Å². The summed E-state index contributed by atoms with van der Waals surface area (Å²) in [6.45, 7) is 1.64. The molecule has 0 bridgehead atoms. The first-order chi connectivity index (χ1) is 7.74. The fourth-order valence-corrected chi connectivity index (χ4v) is 2.91. The highest BCUT2D eigenvalue weighted by Crippen LogP contribution is 2.34. The van der Waals surface area contributed by atoms with E-state index in [-0.39, 0.29) is 5.41 Å². The van der Waals surface area contributed by atoms with Crippen molar-refractivity contribution in [3.63, 3.8) is 0 Å². The predicted octanol–water partition coefficient (Wildman–Crippen LogP) is 3.42. The molecule has 1 aliphatic heterocycles. The van der Waals surface area contributed by atoms with E-state index in [9.17, 15) is 0 Å². The summed E-state index contributed by atoms with van der Waals surface area (Å²) in [6.07, 6.45) is 6.90. The zero-order chi connectivity index (χ0) is 11.4. The van der Waals surface area contributed by atoms with Crippen molar-refractivity contribution < 1.29 is 4.74 Å². The zero-order valence-corrected chi connectivity index (χ0v) is 11.4. The minimum atomic E-state index is 0.0995. The molecule has 1 aromatic rings. The highest BCUT2D eigenvalue weighted by molar-refractivity contribution is 9.10. The summed E-state index contributed by atoms with van der Waals surface area (Å²) < 4.78 is 6.58. The summed E-state index contributed by atoms with van der Waals surface area (Å²) in [5, 5.41) is 0. The van der Waals surface area contributed by atoms with Gasteiger partial charge in [-0.05, 0) is 46.8 Å². The van der Waals surface area contributed by atoms with E-state index < -0.39 is 0 Å². The highest BCUT2D eigenvalue weighted by Gasteiger charge is 2.32. The highest BCUT2D eigenvalue weighted by atomic mass is 79.9. The van der Waals surface area contributed by atoms with Crippen molar-refractivity contribution in [2.75, 3.05) is 19.1 Å². The number of nitrogens with zero attached hydrogens (tertiary/aromatic N) is 1. The monoisotopic (exact) mass is 303 g/mol. The van der Waals surface area contributed by atoms with Gasteiger partial charge in [-0.1, -0.05) is 0 Å². The molecule has 2 nitrogen and oxygen atoms in total. The van der Waals surface area contributed by atoms with Crippen LogP contribution < -0.4 is 0 Å². The molecule has 1 fully saturated rings. The minimum Gasteiger partial charge on any atom is -0.381 e. The molecule has 88 valence electrons. The maximum Gasteiger partial charge on any atom is 0.0537 e. The zero-order valence-electron chi connectivity index (χ0n) is 9.09. The molecule has 1 atom stereocenters. The van der Waals surface area contributed by atoms with Crippen molar-refractivity contribution in [1.29, 1.82) is 0 Å². The van der Waals surface area contributed by atoms with Gasteiger partial charge in [0.05, 0.1) is 6.61 Å². The van der Waals surface area contributed by atoms with Crippen molar-refractivity contribution >= 4 is 27.5 Å². The molecule has 0 aromatic carbocycles. The van der Waals surface area contributed by atoms with E-state index in [1.165, 1.54) is 5.56 Å². The van der Waals surface area contributed by atoms with Gasteiger partial charge in [-0.15, -0.1) is 11.6 Å². The van der Waals surface area contributed by atoms with Crippen LogP contribution in [0.3, 0.4) is 0 Å². The Hall–Kier alpha value is -0.120. The van der Waals surface area contributed by atoms with E-state index >= 15 is 0 Å². The molecule has 0 aliphatic carbocycles. The number of pyridine rings is 1. The average molecular weight is 305 g/mol. The molecule has 0 saturated carbocycles. The second-order valence-electron chi connectivity index (χ2n) is 4.48. The number of rotatable bonds is 3. The van der Waals surface area contributed by atoms with Gasteiger partial charge in [-0.25, -0.2) is 0 Å². The summed E-state index contributed by atoms with van der Waals surface area (Å²) in [5.74, 6) is 0.652. The van der Waals surface area contributed by atoms with Crippen LogP contribution in [0.4, 0.5) is 0 Å². The SMILES string of the molecule is ClCC1(Cc2cncc(Br)c2)CCCOC1. The Bertz CT molecular complexity index is 353. The van der Waals surface area contributed by atoms with Crippen LogP contribution in [0.25, 0.3) is 0 Å². The maximum atomic E-state index is 6.11. The van der Waals surface area contributed by atoms with Crippen LogP contribution in [0, 0.1) is 5.41 Å². The van der Waals surface area contributed by atoms with Crippen LogP contribution in [0.5, 0.6) is 0 Å². The van der Waals surface area contributed by atoms with Crippen LogP contribution in [-0.4, -0.2) is 24.1 Å². The summed E-state index contributed by atoms with van der Waals surface area (Å²) in [5.41, 5.74) is 1.32. The second-order valence-corrected chi connectivity index (χ2v) is 5.66. The molecule has 4 heteroatoms. The molecule has 1 saturated heterocycles. The van der Waals surface area contributed by atoms with Crippen LogP contribution in [0.15, 0.2) is 22.9 Å². The van der Waals surface area contributed by atoms with Gasteiger partial charge in [-0.2, -0.15) is 0 Å². The smallest absolute Gasteiger partial charge is 0.0537 e. The normalized spacial score (nSPS) is 25.6. The first kappa shape index (κ1) is 12.3. The number of hydrogen-bond donors (Lipinski definition) is 0. The molecule has 1 aliphatic rings. The lowest BCUT2D eigenvalue weighted by Gasteiger charge is -2.35. The Balaban J connectivity index is 2.11. The van der Waals surface area contributed by atoms with Gasteiger partial charge in [-0.3, -0.25) is 4.98 Å². The third-order valence-corrected chi connectivity index (χ3v) is 4.03. The summed E-state index contributed by atoms with van der Waals surface area (Å²) in [6, 6.07) is 2.11. The van der Waals surface area contributed by atoms with E-state index in [4.69, 9.17) is 16.3 Å². The van der Waals surface area contributed by atoms with Crippen LogP contribution in [0.1, 0.15) is 18.4 Å². The van der Waals surface area contributed by atoms with Crippen molar-refractivity contribution in [3.8, 4) is 0 Å². The van der Waals surface area contributed by atoms with Gasteiger partial charge in [0.2, 0.25) is 0 Å². The van der Waals surface area contributed by atoms with Gasteiger partial charge in [0.1, 0.15) is 0 Å². The molecule has 0 radical (unpaired) electrons. The molecule has 2 heterocycles. The topological polar surface area (TPSA) is 22.1 Å². The standard InChI is InChI=1S/C12H15BrClNO/c13-11-4-10(6-15-7-11)5-12(8-14)2-1-3-16-9-12/h4,6-7H,1-3,5,8-9H2. The average Bonchev–Trinajstić information content (AvgIpc) is 2.30. The number of hydrogen-bond acceptors (Lipinski definition) is 2. The quantitative estimate of drug-likeness (QED) is 0.798. The van der Waals surface area contributed by atoms with E-state index in [1.807, 2.05) is 6.20 Å². The number of halogens is 2. The van der Waals surface area contributed by atoms with Crippen LogP contribution in [0.2, 0.25) is 0 Å². The van der Waals surface area contributed by atoms with Crippen LogP contribution >= 0.6 is 27.5 Å². The van der Waals surface area contributed by atoms with E-state index in [2.05, 4.69) is 27.0 Å².